The zero-order valence-corrected chi connectivity index (χ0v) is 19.8. The molecule has 0 radical (unpaired) electrons. The van der Waals surface area contributed by atoms with E-state index in [0.29, 0.717) is 24.5 Å². The summed E-state index contributed by atoms with van der Waals surface area (Å²) in [6.45, 7) is 7.03. The highest BCUT2D eigenvalue weighted by molar-refractivity contribution is 6.07. The molecule has 34 heavy (non-hydrogen) atoms. The minimum Gasteiger partial charge on any atom is -0.486 e. The average molecular weight is 465 g/mol. The van der Waals surface area contributed by atoms with Crippen LogP contribution in [0.1, 0.15) is 37.6 Å². The Bertz CT molecular complexity index is 1070. The lowest BCUT2D eigenvalue weighted by molar-refractivity contribution is -0.135. The highest BCUT2D eigenvalue weighted by Crippen LogP contribution is 2.37. The van der Waals surface area contributed by atoms with Crippen LogP contribution in [0.3, 0.4) is 0 Å². The van der Waals surface area contributed by atoms with E-state index >= 15 is 0 Å². The second-order valence-electron chi connectivity index (χ2n) is 9.49. The van der Waals surface area contributed by atoms with Crippen LogP contribution in [-0.4, -0.2) is 64.6 Å². The van der Waals surface area contributed by atoms with Gasteiger partial charge in [-0.05, 0) is 69.5 Å². The third-order valence-electron chi connectivity index (χ3n) is 7.33. The minimum absolute atomic E-state index is 0.102. The zero-order chi connectivity index (χ0) is 23.7. The third kappa shape index (κ3) is 4.22. The lowest BCUT2D eigenvalue weighted by Gasteiger charge is -2.40. The Balaban J connectivity index is 1.22. The number of nitrogens with zero attached hydrogens (tertiary/aromatic N) is 3. The molecule has 8 heteroatoms. The molecule has 2 fully saturated rings. The fraction of sp³-hybridized carbons (Fsp3) is 0.500. The van der Waals surface area contributed by atoms with Gasteiger partial charge in [0.2, 0.25) is 0 Å². The predicted octanol–water partition coefficient (Wildman–Crippen LogP) is 3.14. The summed E-state index contributed by atoms with van der Waals surface area (Å²) < 4.78 is 11.8. The lowest BCUT2D eigenvalue weighted by Crippen LogP contribution is -2.56. The molecule has 1 aromatic carbocycles. The van der Waals surface area contributed by atoms with E-state index in [9.17, 15) is 9.59 Å². The van der Waals surface area contributed by atoms with Crippen LogP contribution in [0, 0.1) is 12.8 Å². The molecule has 0 saturated carbocycles. The number of urea groups is 1. The van der Waals surface area contributed by atoms with Gasteiger partial charge < -0.3 is 14.8 Å². The van der Waals surface area contributed by atoms with Gasteiger partial charge >= 0.3 is 6.03 Å². The molecular formula is C26H32N4O4. The fourth-order valence-electron chi connectivity index (χ4n) is 5.47. The number of benzene rings is 1. The molecule has 0 spiro atoms. The molecular weight excluding hydrogens is 432 g/mol. The highest BCUT2D eigenvalue weighted by atomic mass is 16.6. The van der Waals surface area contributed by atoms with Crippen LogP contribution in [0.2, 0.25) is 0 Å². The number of likely N-dealkylation sites (tertiary alicyclic amines) is 1. The monoisotopic (exact) mass is 464 g/mol. The number of imide groups is 1. The molecule has 0 unspecified atom stereocenters. The number of carbonyl (C=O) groups excluding carboxylic acids is 2. The number of ether oxygens (including phenoxy) is 2. The van der Waals surface area contributed by atoms with Gasteiger partial charge in [-0.25, -0.2) is 4.79 Å². The molecule has 2 atom stereocenters. The van der Waals surface area contributed by atoms with E-state index in [0.717, 1.165) is 43.9 Å². The van der Waals surface area contributed by atoms with E-state index in [4.69, 9.17) is 9.47 Å². The third-order valence-corrected chi connectivity index (χ3v) is 7.33. The lowest BCUT2D eigenvalue weighted by atomic mass is 9.75. The fourth-order valence-corrected chi connectivity index (χ4v) is 5.47. The van der Waals surface area contributed by atoms with Gasteiger partial charge in [0.15, 0.2) is 17.6 Å². The number of aromatic nitrogens is 1. The highest BCUT2D eigenvalue weighted by Gasteiger charge is 2.55. The van der Waals surface area contributed by atoms with Crippen LogP contribution in [-0.2, 0) is 11.3 Å². The van der Waals surface area contributed by atoms with Crippen molar-refractivity contribution in [2.45, 2.75) is 51.3 Å². The van der Waals surface area contributed by atoms with E-state index < -0.39 is 5.54 Å². The smallest absolute Gasteiger partial charge is 0.325 e. The van der Waals surface area contributed by atoms with Gasteiger partial charge in [0, 0.05) is 12.2 Å². The number of fused-ring (bicyclic) bond motifs is 1. The van der Waals surface area contributed by atoms with Crippen LogP contribution in [0.15, 0.2) is 42.5 Å². The van der Waals surface area contributed by atoms with Crippen molar-refractivity contribution in [3.63, 3.8) is 0 Å². The van der Waals surface area contributed by atoms with Gasteiger partial charge in [0.1, 0.15) is 12.1 Å². The Labute approximate surface area is 200 Å². The van der Waals surface area contributed by atoms with Crippen LogP contribution >= 0.6 is 0 Å². The van der Waals surface area contributed by atoms with E-state index in [-0.39, 0.29) is 30.5 Å². The molecule has 1 aromatic heterocycles. The van der Waals surface area contributed by atoms with Crippen molar-refractivity contribution in [1.82, 2.24) is 20.1 Å². The number of para-hydroxylation sites is 2. The van der Waals surface area contributed by atoms with Gasteiger partial charge in [0.05, 0.1) is 12.2 Å². The molecule has 3 aliphatic heterocycles. The van der Waals surface area contributed by atoms with Gasteiger partial charge in [-0.15, -0.1) is 0 Å². The molecule has 0 bridgehead atoms. The van der Waals surface area contributed by atoms with Crippen LogP contribution in [0.4, 0.5) is 4.79 Å². The quantitative estimate of drug-likeness (QED) is 0.662. The first kappa shape index (κ1) is 22.7. The molecule has 3 amide bonds. The summed E-state index contributed by atoms with van der Waals surface area (Å²) in [4.78, 5) is 34.9. The number of aryl methyl sites for hydroxylation is 1. The topological polar surface area (TPSA) is 84.0 Å². The zero-order valence-electron chi connectivity index (χ0n) is 19.8. The van der Waals surface area contributed by atoms with Crippen LogP contribution in [0.5, 0.6) is 11.5 Å². The minimum atomic E-state index is -0.849. The Morgan fingerprint density at radius 2 is 1.85 bits per heavy atom. The van der Waals surface area contributed by atoms with Gasteiger partial charge in [-0.2, -0.15) is 0 Å². The number of piperidine rings is 1. The van der Waals surface area contributed by atoms with Crippen molar-refractivity contribution in [2.75, 3.05) is 26.2 Å². The number of carbonyl (C=O) groups is 2. The van der Waals surface area contributed by atoms with Crippen molar-refractivity contribution in [1.29, 1.82) is 0 Å². The largest absolute Gasteiger partial charge is 0.486 e. The second kappa shape index (κ2) is 9.25. The second-order valence-corrected chi connectivity index (χ2v) is 9.49. The van der Waals surface area contributed by atoms with Crippen molar-refractivity contribution in [2.24, 2.45) is 5.92 Å². The summed E-state index contributed by atoms with van der Waals surface area (Å²) in [6, 6.07) is 13.2. The summed E-state index contributed by atoms with van der Waals surface area (Å²) in [5.41, 5.74) is 1.24. The first-order valence-corrected chi connectivity index (χ1v) is 12.2. The van der Waals surface area contributed by atoms with E-state index in [1.165, 1.54) is 4.90 Å². The molecule has 3 aliphatic rings. The standard InChI is InChI=1S/C26H32N4O4/c1-3-26(19-11-13-29(14-12-19)15-20-8-6-7-18(2)27-20)24(31)30(25(32)28-26)16-21-17-33-22-9-4-5-10-23(22)34-21/h4-10,19,21H,3,11-17H2,1-2H3,(H,28,32)/t21-,26+/m1/s1. The van der Waals surface area contributed by atoms with Crippen LogP contribution in [0.25, 0.3) is 0 Å². The van der Waals surface area contributed by atoms with E-state index in [2.05, 4.69) is 21.3 Å². The number of nitrogens with one attached hydrogen (secondary N) is 1. The van der Waals surface area contributed by atoms with Crippen LogP contribution < -0.4 is 14.8 Å². The van der Waals surface area contributed by atoms with Gasteiger partial charge in [-0.1, -0.05) is 25.1 Å². The summed E-state index contributed by atoms with van der Waals surface area (Å²) in [5.74, 6) is 1.29. The van der Waals surface area contributed by atoms with Crippen molar-refractivity contribution < 1.29 is 19.1 Å². The first-order chi connectivity index (χ1) is 16.5. The normalized spacial score (nSPS) is 25.5. The Morgan fingerprint density at radius 3 is 2.59 bits per heavy atom. The van der Waals surface area contributed by atoms with E-state index in [1.54, 1.807) is 0 Å². The summed E-state index contributed by atoms with van der Waals surface area (Å²) >= 11 is 0. The molecule has 180 valence electrons. The summed E-state index contributed by atoms with van der Waals surface area (Å²) in [7, 11) is 0. The molecule has 2 aromatic rings. The maximum atomic E-state index is 13.6. The Kier molecular flexibility index (Phi) is 6.16. The SMILES string of the molecule is CC[C@@]1(C2CCN(Cc3cccc(C)n3)CC2)NC(=O)N(C[C@@H]2COc3ccccc3O2)C1=O. The molecule has 2 saturated heterocycles. The molecule has 5 rings (SSSR count). The summed E-state index contributed by atoms with van der Waals surface area (Å²) in [5, 5.41) is 3.08. The predicted molar refractivity (Wildman–Crippen MR) is 127 cm³/mol. The molecule has 4 heterocycles. The Hall–Kier alpha value is -3.13. The average Bonchev–Trinajstić information content (AvgIpc) is 3.09. The van der Waals surface area contributed by atoms with E-state index in [1.807, 2.05) is 50.2 Å². The number of hydrogen-bond acceptors (Lipinski definition) is 6. The molecule has 0 aliphatic carbocycles. The molecule has 1 N–H and O–H groups in total. The van der Waals surface area contributed by atoms with Gasteiger partial charge in [-0.3, -0.25) is 19.6 Å². The van der Waals surface area contributed by atoms with Crippen molar-refractivity contribution in [3.05, 3.63) is 53.9 Å². The Morgan fingerprint density at radius 1 is 1.09 bits per heavy atom. The first-order valence-electron chi connectivity index (χ1n) is 12.2. The maximum Gasteiger partial charge on any atom is 0.325 e. The number of rotatable bonds is 6. The summed E-state index contributed by atoms with van der Waals surface area (Å²) in [6.07, 6.45) is 1.90. The van der Waals surface area contributed by atoms with Crippen molar-refractivity contribution in [3.8, 4) is 11.5 Å². The van der Waals surface area contributed by atoms with Gasteiger partial charge in [0.25, 0.3) is 5.91 Å². The van der Waals surface area contributed by atoms with Crippen molar-refractivity contribution >= 4 is 11.9 Å². The maximum absolute atomic E-state index is 13.6. The molecule has 8 nitrogen and oxygen atoms in total. The number of amides is 3. The number of pyridine rings is 1. The number of hydrogen-bond donors (Lipinski definition) is 1.